The Morgan fingerprint density at radius 1 is 1.15 bits per heavy atom. The van der Waals surface area contributed by atoms with Crippen molar-refractivity contribution in [1.29, 1.82) is 0 Å². The van der Waals surface area contributed by atoms with Crippen molar-refractivity contribution < 1.29 is 4.79 Å². The highest BCUT2D eigenvalue weighted by atomic mass is 16.1. The average Bonchev–Trinajstić information content (AvgIpc) is 2.00. The van der Waals surface area contributed by atoms with E-state index in [4.69, 9.17) is 0 Å². The van der Waals surface area contributed by atoms with E-state index in [-0.39, 0.29) is 0 Å². The zero-order chi connectivity index (χ0) is 10.3. The van der Waals surface area contributed by atoms with Gasteiger partial charge >= 0.3 is 0 Å². The summed E-state index contributed by atoms with van der Waals surface area (Å²) < 4.78 is 0. The Balaban J connectivity index is 3.30. The molecule has 0 aromatic heterocycles. The maximum absolute atomic E-state index is 11.3. The molecule has 0 aliphatic heterocycles. The quantitative estimate of drug-likeness (QED) is 0.660. The summed E-state index contributed by atoms with van der Waals surface area (Å²) in [6.07, 6.45) is 2.46. The summed E-state index contributed by atoms with van der Waals surface area (Å²) in [5.41, 5.74) is 0. The van der Waals surface area contributed by atoms with Crippen molar-refractivity contribution >= 4 is 5.78 Å². The first-order chi connectivity index (χ1) is 6.02. The minimum absolute atomic E-state index is 0.391. The van der Waals surface area contributed by atoms with Crippen LogP contribution in [0.25, 0.3) is 0 Å². The molecule has 0 aliphatic rings. The molecule has 0 atom stereocenters. The molecule has 0 fully saturated rings. The van der Waals surface area contributed by atoms with Crippen LogP contribution in [0.2, 0.25) is 0 Å². The Morgan fingerprint density at radius 3 is 2.23 bits per heavy atom. The van der Waals surface area contributed by atoms with Crippen LogP contribution < -0.4 is 5.32 Å². The molecule has 0 amide bonds. The molecule has 0 unspecified atom stereocenters. The molecule has 0 saturated carbocycles. The number of hydrogen-bond acceptors (Lipinski definition) is 2. The standard InChI is InChI=1S/C11H23NO/c1-9(2)5-6-11(13)7-8-12-10(3)4/h9-10,12H,5-8H2,1-4H3. The first-order valence-electron chi connectivity index (χ1n) is 5.27. The van der Waals surface area contributed by atoms with E-state index in [1.165, 1.54) is 0 Å². The third-order valence-electron chi connectivity index (χ3n) is 1.96. The number of ketones is 1. The lowest BCUT2D eigenvalue weighted by atomic mass is 10.0. The second-order valence-electron chi connectivity index (χ2n) is 4.33. The number of carbonyl (C=O) groups is 1. The number of rotatable bonds is 7. The van der Waals surface area contributed by atoms with Crippen LogP contribution in [0.5, 0.6) is 0 Å². The molecule has 13 heavy (non-hydrogen) atoms. The van der Waals surface area contributed by atoms with E-state index in [1.54, 1.807) is 0 Å². The Morgan fingerprint density at radius 2 is 1.77 bits per heavy atom. The lowest BCUT2D eigenvalue weighted by Crippen LogP contribution is -2.25. The van der Waals surface area contributed by atoms with Gasteiger partial charge in [-0.25, -0.2) is 0 Å². The summed E-state index contributed by atoms with van der Waals surface area (Å²) in [6.45, 7) is 9.32. The molecule has 1 N–H and O–H groups in total. The minimum atomic E-state index is 0.391. The van der Waals surface area contributed by atoms with Gasteiger partial charge in [0.1, 0.15) is 5.78 Å². The van der Waals surface area contributed by atoms with Gasteiger partial charge in [-0.05, 0) is 12.3 Å². The first-order valence-corrected chi connectivity index (χ1v) is 5.27. The van der Waals surface area contributed by atoms with Gasteiger partial charge in [-0.3, -0.25) is 4.79 Å². The Bertz CT molecular complexity index is 141. The second-order valence-corrected chi connectivity index (χ2v) is 4.33. The molecule has 0 rings (SSSR count). The molecule has 0 saturated heterocycles. The normalized spacial score (nSPS) is 11.2. The summed E-state index contributed by atoms with van der Waals surface area (Å²) in [5.74, 6) is 1.03. The molecule has 0 bridgehead atoms. The predicted molar refractivity (Wildman–Crippen MR) is 56.8 cm³/mol. The molecule has 2 nitrogen and oxygen atoms in total. The van der Waals surface area contributed by atoms with Crippen molar-refractivity contribution in [3.63, 3.8) is 0 Å². The number of hydrogen-bond donors (Lipinski definition) is 1. The van der Waals surface area contributed by atoms with Crippen LogP contribution in [-0.4, -0.2) is 18.4 Å². The molecule has 0 aromatic rings. The van der Waals surface area contributed by atoms with Gasteiger partial charge in [0.05, 0.1) is 0 Å². The summed E-state index contributed by atoms with van der Waals surface area (Å²) in [5, 5.41) is 3.24. The van der Waals surface area contributed by atoms with Crippen molar-refractivity contribution in [2.24, 2.45) is 5.92 Å². The molecule has 0 radical (unpaired) electrons. The van der Waals surface area contributed by atoms with E-state index in [1.807, 2.05) is 0 Å². The van der Waals surface area contributed by atoms with E-state index in [0.717, 1.165) is 19.4 Å². The van der Waals surface area contributed by atoms with Crippen molar-refractivity contribution in [1.82, 2.24) is 5.32 Å². The summed E-state index contributed by atoms with van der Waals surface area (Å²) in [6, 6.07) is 0.484. The third-order valence-corrected chi connectivity index (χ3v) is 1.96. The Labute approximate surface area is 82.1 Å². The fourth-order valence-corrected chi connectivity index (χ4v) is 1.07. The van der Waals surface area contributed by atoms with Crippen LogP contribution >= 0.6 is 0 Å². The maximum Gasteiger partial charge on any atom is 0.134 e. The largest absolute Gasteiger partial charge is 0.314 e. The highest BCUT2D eigenvalue weighted by molar-refractivity contribution is 5.78. The zero-order valence-electron chi connectivity index (χ0n) is 9.39. The monoisotopic (exact) mass is 185 g/mol. The van der Waals surface area contributed by atoms with Crippen LogP contribution in [0.3, 0.4) is 0 Å². The van der Waals surface area contributed by atoms with Crippen molar-refractivity contribution in [2.45, 2.75) is 53.0 Å². The third kappa shape index (κ3) is 9.54. The van der Waals surface area contributed by atoms with Crippen molar-refractivity contribution in [3.8, 4) is 0 Å². The van der Waals surface area contributed by atoms with Gasteiger partial charge in [-0.1, -0.05) is 27.7 Å². The van der Waals surface area contributed by atoms with E-state index >= 15 is 0 Å². The lowest BCUT2D eigenvalue weighted by molar-refractivity contribution is -0.119. The summed E-state index contributed by atoms with van der Waals surface area (Å²) in [7, 11) is 0. The summed E-state index contributed by atoms with van der Waals surface area (Å²) in [4.78, 5) is 11.3. The lowest BCUT2D eigenvalue weighted by Gasteiger charge is -2.07. The molecule has 78 valence electrons. The van der Waals surface area contributed by atoms with Gasteiger partial charge in [0.15, 0.2) is 0 Å². The van der Waals surface area contributed by atoms with Gasteiger partial charge in [-0.15, -0.1) is 0 Å². The molecular weight excluding hydrogens is 162 g/mol. The number of carbonyl (C=O) groups excluding carboxylic acids is 1. The average molecular weight is 185 g/mol. The highest BCUT2D eigenvalue weighted by Gasteiger charge is 2.03. The maximum atomic E-state index is 11.3. The Hall–Kier alpha value is -0.370. The molecule has 0 spiro atoms. The topological polar surface area (TPSA) is 29.1 Å². The van der Waals surface area contributed by atoms with Crippen molar-refractivity contribution in [3.05, 3.63) is 0 Å². The van der Waals surface area contributed by atoms with Gasteiger partial charge in [-0.2, -0.15) is 0 Å². The number of Topliss-reactive ketones (excluding diaryl/α,β-unsaturated/α-hetero) is 1. The van der Waals surface area contributed by atoms with Crippen LogP contribution in [-0.2, 0) is 4.79 Å². The smallest absolute Gasteiger partial charge is 0.134 e. The fraction of sp³-hybridized carbons (Fsp3) is 0.909. The predicted octanol–water partition coefficient (Wildman–Crippen LogP) is 2.38. The zero-order valence-corrected chi connectivity index (χ0v) is 9.39. The van der Waals surface area contributed by atoms with Crippen LogP contribution in [0, 0.1) is 5.92 Å². The molecule has 0 aliphatic carbocycles. The van der Waals surface area contributed by atoms with Crippen LogP contribution in [0.4, 0.5) is 0 Å². The minimum Gasteiger partial charge on any atom is -0.314 e. The van der Waals surface area contributed by atoms with Gasteiger partial charge in [0.25, 0.3) is 0 Å². The molecular formula is C11H23NO. The van der Waals surface area contributed by atoms with E-state index in [0.29, 0.717) is 24.2 Å². The SMILES string of the molecule is CC(C)CCC(=O)CCNC(C)C. The first kappa shape index (κ1) is 12.6. The Kier molecular flexibility index (Phi) is 6.87. The van der Waals surface area contributed by atoms with E-state index in [9.17, 15) is 4.79 Å². The van der Waals surface area contributed by atoms with Gasteiger partial charge < -0.3 is 5.32 Å². The van der Waals surface area contributed by atoms with Gasteiger partial charge in [0.2, 0.25) is 0 Å². The van der Waals surface area contributed by atoms with Crippen LogP contribution in [0.15, 0.2) is 0 Å². The molecule has 2 heteroatoms. The molecule has 0 aromatic carbocycles. The van der Waals surface area contributed by atoms with E-state index < -0.39 is 0 Å². The highest BCUT2D eigenvalue weighted by Crippen LogP contribution is 2.04. The number of nitrogens with one attached hydrogen (secondary N) is 1. The second kappa shape index (κ2) is 7.07. The van der Waals surface area contributed by atoms with Crippen LogP contribution in [0.1, 0.15) is 47.0 Å². The summed E-state index contributed by atoms with van der Waals surface area (Å²) >= 11 is 0. The fourth-order valence-electron chi connectivity index (χ4n) is 1.07. The van der Waals surface area contributed by atoms with Gasteiger partial charge in [0, 0.05) is 25.4 Å². The van der Waals surface area contributed by atoms with E-state index in [2.05, 4.69) is 33.0 Å². The van der Waals surface area contributed by atoms with Crippen molar-refractivity contribution in [2.75, 3.05) is 6.54 Å². The molecule has 0 heterocycles.